The zero-order valence-corrected chi connectivity index (χ0v) is 11.4. The fourth-order valence-electron chi connectivity index (χ4n) is 2.64. The average Bonchev–Trinajstić information content (AvgIpc) is 2.12. The van der Waals surface area contributed by atoms with E-state index in [0.717, 1.165) is 18.5 Å². The third-order valence-corrected chi connectivity index (χ3v) is 3.73. The average molecular weight is 231 g/mol. The molecule has 1 aliphatic rings. The van der Waals surface area contributed by atoms with Gasteiger partial charge < -0.3 is 5.32 Å². The first-order valence-corrected chi connectivity index (χ1v) is 6.94. The number of benzene rings is 1. The molecule has 1 N–H and O–H groups in total. The zero-order valence-electron chi connectivity index (χ0n) is 11.4. The second-order valence-corrected chi connectivity index (χ2v) is 5.84. The van der Waals surface area contributed by atoms with Crippen molar-refractivity contribution >= 4 is 0 Å². The molecule has 0 heterocycles. The summed E-state index contributed by atoms with van der Waals surface area (Å²) in [6, 6.07) is 7.72. The summed E-state index contributed by atoms with van der Waals surface area (Å²) < 4.78 is 0. The van der Waals surface area contributed by atoms with Crippen LogP contribution >= 0.6 is 0 Å². The van der Waals surface area contributed by atoms with Gasteiger partial charge in [0.1, 0.15) is 0 Å². The first kappa shape index (κ1) is 12.6. The van der Waals surface area contributed by atoms with Gasteiger partial charge in [-0.25, -0.2) is 0 Å². The van der Waals surface area contributed by atoms with E-state index < -0.39 is 0 Å². The molecule has 0 spiro atoms. The lowest BCUT2D eigenvalue weighted by Gasteiger charge is -2.28. The molecule has 0 saturated heterocycles. The summed E-state index contributed by atoms with van der Waals surface area (Å²) in [5.41, 5.74) is 4.27. The highest BCUT2D eigenvalue weighted by atomic mass is 14.9. The summed E-state index contributed by atoms with van der Waals surface area (Å²) in [7, 11) is 0. The van der Waals surface area contributed by atoms with E-state index in [1.807, 2.05) is 0 Å². The smallest absolute Gasteiger partial charge is 0.00671 e. The molecule has 94 valence electrons. The minimum atomic E-state index is 0.733. The molecule has 2 rings (SSSR count). The molecule has 17 heavy (non-hydrogen) atoms. The van der Waals surface area contributed by atoms with Crippen LogP contribution in [0.1, 0.15) is 42.9 Å². The Balaban J connectivity index is 1.81. The minimum absolute atomic E-state index is 0.733. The molecule has 0 bridgehead atoms. The van der Waals surface area contributed by atoms with E-state index in [4.69, 9.17) is 0 Å². The van der Waals surface area contributed by atoms with E-state index in [0.29, 0.717) is 0 Å². The van der Waals surface area contributed by atoms with E-state index in [9.17, 15) is 0 Å². The summed E-state index contributed by atoms with van der Waals surface area (Å²) in [6.07, 6.45) is 5.39. The first-order chi connectivity index (χ1) is 8.13. The molecule has 1 fully saturated rings. The third kappa shape index (κ3) is 3.85. The van der Waals surface area contributed by atoms with Gasteiger partial charge in [0.2, 0.25) is 0 Å². The maximum absolute atomic E-state index is 3.67. The molecule has 1 nitrogen and oxygen atoms in total. The lowest BCUT2D eigenvalue weighted by molar-refractivity contribution is 0.320. The van der Waals surface area contributed by atoms with Crippen molar-refractivity contribution in [3.63, 3.8) is 0 Å². The molecule has 0 radical (unpaired) electrons. The number of hydrogen-bond acceptors (Lipinski definition) is 1. The second kappa shape index (κ2) is 5.68. The van der Waals surface area contributed by atoms with Crippen LogP contribution in [0, 0.1) is 19.8 Å². The summed E-state index contributed by atoms with van der Waals surface area (Å²) >= 11 is 0. The highest BCUT2D eigenvalue weighted by Crippen LogP contribution is 2.19. The van der Waals surface area contributed by atoms with Gasteiger partial charge in [-0.05, 0) is 51.1 Å². The Morgan fingerprint density at radius 1 is 1.18 bits per heavy atom. The van der Waals surface area contributed by atoms with Gasteiger partial charge in [-0.3, -0.25) is 0 Å². The highest BCUT2D eigenvalue weighted by Gasteiger charge is 2.17. The molecule has 1 saturated carbocycles. The van der Waals surface area contributed by atoms with Crippen LogP contribution in [-0.2, 0) is 6.42 Å². The predicted octanol–water partition coefficient (Wildman–Crippen LogP) is 3.62. The molecular formula is C16H25N. The Hall–Kier alpha value is -0.820. The fourth-order valence-corrected chi connectivity index (χ4v) is 2.64. The molecule has 0 aromatic heterocycles. The van der Waals surface area contributed by atoms with E-state index in [-0.39, 0.29) is 0 Å². The van der Waals surface area contributed by atoms with Crippen LogP contribution in [0.5, 0.6) is 0 Å². The summed E-state index contributed by atoms with van der Waals surface area (Å²) in [5.74, 6) is 0.733. The molecule has 1 heteroatoms. The summed E-state index contributed by atoms with van der Waals surface area (Å²) in [6.45, 7) is 7.89. The van der Waals surface area contributed by atoms with Crippen LogP contribution in [-0.4, -0.2) is 12.6 Å². The largest absolute Gasteiger partial charge is 0.314 e. The van der Waals surface area contributed by atoms with Gasteiger partial charge in [0.15, 0.2) is 0 Å². The highest BCUT2D eigenvalue weighted by molar-refractivity contribution is 5.28. The van der Waals surface area contributed by atoms with Gasteiger partial charge in [-0.15, -0.1) is 0 Å². The van der Waals surface area contributed by atoms with Gasteiger partial charge in [0, 0.05) is 6.04 Å². The van der Waals surface area contributed by atoms with Gasteiger partial charge in [0.25, 0.3) is 0 Å². The Labute approximate surface area is 106 Å². The number of hydrogen-bond donors (Lipinski definition) is 1. The molecule has 0 aliphatic heterocycles. The van der Waals surface area contributed by atoms with Gasteiger partial charge in [-0.1, -0.05) is 42.7 Å². The Bertz CT molecular complexity index is 346. The Kier molecular flexibility index (Phi) is 4.22. The molecule has 1 aliphatic carbocycles. The maximum atomic E-state index is 3.67. The van der Waals surface area contributed by atoms with Crippen LogP contribution in [0.4, 0.5) is 0 Å². The molecule has 1 aromatic carbocycles. The van der Waals surface area contributed by atoms with Crippen LogP contribution in [0.15, 0.2) is 18.2 Å². The maximum Gasteiger partial charge on any atom is 0.00671 e. The zero-order chi connectivity index (χ0) is 12.3. The van der Waals surface area contributed by atoms with Crippen molar-refractivity contribution in [1.82, 2.24) is 5.32 Å². The lowest BCUT2D eigenvalue weighted by atomic mass is 9.92. The van der Waals surface area contributed by atoms with E-state index >= 15 is 0 Å². The van der Waals surface area contributed by atoms with Gasteiger partial charge in [-0.2, -0.15) is 0 Å². The van der Waals surface area contributed by atoms with Crippen molar-refractivity contribution in [2.45, 2.75) is 52.5 Å². The fraction of sp³-hybridized carbons (Fsp3) is 0.625. The van der Waals surface area contributed by atoms with Crippen molar-refractivity contribution in [3.8, 4) is 0 Å². The van der Waals surface area contributed by atoms with Crippen LogP contribution in [0.2, 0.25) is 0 Å². The van der Waals surface area contributed by atoms with E-state index in [1.165, 1.54) is 42.4 Å². The van der Waals surface area contributed by atoms with Crippen molar-refractivity contribution in [1.29, 1.82) is 0 Å². The topological polar surface area (TPSA) is 12.0 Å². The lowest BCUT2D eigenvalue weighted by Crippen LogP contribution is -2.38. The first-order valence-electron chi connectivity index (χ1n) is 6.94. The van der Waals surface area contributed by atoms with Crippen LogP contribution in [0.25, 0.3) is 0 Å². The SMILES string of the molecule is Cc1cc(C)cc(CC(C)CNC2CCC2)c1. The van der Waals surface area contributed by atoms with E-state index in [1.54, 1.807) is 0 Å². The number of rotatable bonds is 5. The summed E-state index contributed by atoms with van der Waals surface area (Å²) in [5, 5.41) is 3.67. The second-order valence-electron chi connectivity index (χ2n) is 5.84. The monoisotopic (exact) mass is 231 g/mol. The standard InChI is InChI=1S/C16H25N/c1-12-7-13(2)9-15(8-12)10-14(3)11-17-16-5-4-6-16/h7-9,14,16-17H,4-6,10-11H2,1-3H3. The summed E-state index contributed by atoms with van der Waals surface area (Å²) in [4.78, 5) is 0. The van der Waals surface area contributed by atoms with Gasteiger partial charge in [0.05, 0.1) is 0 Å². The van der Waals surface area contributed by atoms with E-state index in [2.05, 4.69) is 44.3 Å². The number of nitrogens with one attached hydrogen (secondary N) is 1. The normalized spacial score (nSPS) is 17.8. The molecule has 1 unspecified atom stereocenters. The van der Waals surface area contributed by atoms with Crippen LogP contribution < -0.4 is 5.32 Å². The van der Waals surface area contributed by atoms with Crippen molar-refractivity contribution in [3.05, 3.63) is 34.9 Å². The van der Waals surface area contributed by atoms with Crippen molar-refractivity contribution < 1.29 is 0 Å². The van der Waals surface area contributed by atoms with Crippen LogP contribution in [0.3, 0.4) is 0 Å². The minimum Gasteiger partial charge on any atom is -0.314 e. The Morgan fingerprint density at radius 3 is 2.35 bits per heavy atom. The molecule has 1 aromatic rings. The van der Waals surface area contributed by atoms with Crippen molar-refractivity contribution in [2.24, 2.45) is 5.92 Å². The third-order valence-electron chi connectivity index (χ3n) is 3.73. The van der Waals surface area contributed by atoms with Crippen molar-refractivity contribution in [2.75, 3.05) is 6.54 Å². The number of aryl methyl sites for hydroxylation is 2. The Morgan fingerprint density at radius 2 is 1.82 bits per heavy atom. The quantitative estimate of drug-likeness (QED) is 0.816. The molecular weight excluding hydrogens is 206 g/mol. The molecule has 0 amide bonds. The molecule has 1 atom stereocenters. The van der Waals surface area contributed by atoms with Gasteiger partial charge >= 0.3 is 0 Å². The predicted molar refractivity (Wildman–Crippen MR) is 74.4 cm³/mol.